The topological polar surface area (TPSA) is 104 Å². The molecule has 1 heterocycles. The van der Waals surface area contributed by atoms with Gasteiger partial charge < -0.3 is 10.4 Å². The molecule has 0 bridgehead atoms. The summed E-state index contributed by atoms with van der Waals surface area (Å²) in [6, 6.07) is 5.66. The zero-order chi connectivity index (χ0) is 20.0. The molecule has 1 aromatic carbocycles. The van der Waals surface area contributed by atoms with Gasteiger partial charge in [-0.2, -0.15) is 4.31 Å². The Bertz CT molecular complexity index is 755. The predicted octanol–water partition coefficient (Wildman–Crippen LogP) is 2.02. The van der Waals surface area contributed by atoms with Gasteiger partial charge in [-0.3, -0.25) is 4.79 Å². The number of carboxylic acids is 1. The van der Waals surface area contributed by atoms with Crippen LogP contribution in [0, 0.1) is 5.92 Å². The molecule has 2 unspecified atom stereocenters. The minimum atomic E-state index is -3.44. The van der Waals surface area contributed by atoms with E-state index in [1.807, 2.05) is 6.92 Å². The number of carbonyl (C=O) groups excluding carboxylic acids is 1. The number of carboxylic acid groups (broad SMARTS) is 1. The third kappa shape index (κ3) is 5.52. The molecule has 0 aromatic heterocycles. The van der Waals surface area contributed by atoms with Crippen molar-refractivity contribution < 1.29 is 23.1 Å². The second-order valence-electron chi connectivity index (χ2n) is 7.02. The van der Waals surface area contributed by atoms with Gasteiger partial charge in [0.25, 0.3) is 0 Å². The molecule has 0 saturated carbocycles. The van der Waals surface area contributed by atoms with Gasteiger partial charge >= 0.3 is 5.97 Å². The third-order valence-corrected chi connectivity index (χ3v) is 6.98. The second kappa shape index (κ2) is 9.32. The van der Waals surface area contributed by atoms with Crippen LogP contribution in [0.3, 0.4) is 0 Å². The number of rotatable bonds is 9. The highest BCUT2D eigenvalue weighted by Crippen LogP contribution is 2.21. The lowest BCUT2D eigenvalue weighted by molar-refractivity contribution is -0.143. The SMILES string of the molecule is CCC(C)C(NC(=O)CCc1ccc(S(=O)(=O)N2CCCC2)cc1)C(=O)O. The van der Waals surface area contributed by atoms with E-state index in [1.54, 1.807) is 31.2 Å². The Morgan fingerprint density at radius 2 is 1.78 bits per heavy atom. The monoisotopic (exact) mass is 396 g/mol. The van der Waals surface area contributed by atoms with Crippen LogP contribution in [-0.4, -0.2) is 48.8 Å². The van der Waals surface area contributed by atoms with Crippen LogP contribution in [0.4, 0.5) is 0 Å². The summed E-state index contributed by atoms with van der Waals surface area (Å²) in [6.07, 6.45) is 3.01. The van der Waals surface area contributed by atoms with Gasteiger partial charge in [-0.05, 0) is 42.9 Å². The highest BCUT2D eigenvalue weighted by Gasteiger charge is 2.27. The lowest BCUT2D eigenvalue weighted by atomic mass is 9.99. The fourth-order valence-electron chi connectivity index (χ4n) is 3.09. The van der Waals surface area contributed by atoms with Crippen molar-refractivity contribution in [2.45, 2.75) is 56.9 Å². The molecule has 0 aliphatic carbocycles. The molecular weight excluding hydrogens is 368 g/mol. The number of amides is 1. The van der Waals surface area contributed by atoms with Crippen molar-refractivity contribution in [3.05, 3.63) is 29.8 Å². The van der Waals surface area contributed by atoms with Gasteiger partial charge in [-0.15, -0.1) is 0 Å². The van der Waals surface area contributed by atoms with Crippen LogP contribution >= 0.6 is 0 Å². The summed E-state index contributed by atoms with van der Waals surface area (Å²) in [5.41, 5.74) is 0.834. The summed E-state index contributed by atoms with van der Waals surface area (Å²) in [4.78, 5) is 23.6. The van der Waals surface area contributed by atoms with Gasteiger partial charge in [0.05, 0.1) is 4.90 Å². The number of hydrogen-bond donors (Lipinski definition) is 2. The van der Waals surface area contributed by atoms with Gasteiger partial charge in [-0.1, -0.05) is 32.4 Å². The summed E-state index contributed by atoms with van der Waals surface area (Å²) in [6.45, 7) is 4.79. The molecule has 1 amide bonds. The number of sulfonamides is 1. The Kier molecular flexibility index (Phi) is 7.38. The summed E-state index contributed by atoms with van der Waals surface area (Å²) in [5, 5.41) is 11.8. The van der Waals surface area contributed by atoms with Crippen molar-refractivity contribution in [3.8, 4) is 0 Å². The van der Waals surface area contributed by atoms with Crippen molar-refractivity contribution in [2.24, 2.45) is 5.92 Å². The van der Waals surface area contributed by atoms with Gasteiger partial charge in [0, 0.05) is 19.5 Å². The van der Waals surface area contributed by atoms with E-state index < -0.39 is 22.0 Å². The van der Waals surface area contributed by atoms with Crippen LogP contribution in [0.25, 0.3) is 0 Å². The van der Waals surface area contributed by atoms with E-state index in [-0.39, 0.29) is 23.1 Å². The van der Waals surface area contributed by atoms with Crippen molar-refractivity contribution in [2.75, 3.05) is 13.1 Å². The molecule has 150 valence electrons. The molecule has 1 aromatic rings. The number of nitrogens with zero attached hydrogens (tertiary/aromatic N) is 1. The smallest absolute Gasteiger partial charge is 0.326 e. The molecule has 0 radical (unpaired) electrons. The average Bonchev–Trinajstić information content (AvgIpc) is 3.19. The van der Waals surface area contributed by atoms with Gasteiger partial charge in [0.2, 0.25) is 15.9 Å². The Morgan fingerprint density at radius 3 is 2.30 bits per heavy atom. The number of aliphatic carboxylic acids is 1. The third-order valence-electron chi connectivity index (χ3n) is 5.06. The van der Waals surface area contributed by atoms with E-state index in [4.69, 9.17) is 0 Å². The first-order valence-corrected chi connectivity index (χ1v) is 10.8. The summed E-state index contributed by atoms with van der Waals surface area (Å²) in [5.74, 6) is -1.51. The van der Waals surface area contributed by atoms with Crippen LogP contribution in [0.5, 0.6) is 0 Å². The van der Waals surface area contributed by atoms with Crippen LogP contribution in [0.2, 0.25) is 0 Å². The highest BCUT2D eigenvalue weighted by molar-refractivity contribution is 7.89. The van der Waals surface area contributed by atoms with E-state index in [2.05, 4.69) is 5.32 Å². The molecule has 2 atom stereocenters. The van der Waals surface area contributed by atoms with E-state index in [0.29, 0.717) is 25.9 Å². The van der Waals surface area contributed by atoms with Gasteiger partial charge in [0.15, 0.2) is 0 Å². The maximum Gasteiger partial charge on any atom is 0.326 e. The average molecular weight is 397 g/mol. The van der Waals surface area contributed by atoms with Gasteiger partial charge in [-0.25, -0.2) is 13.2 Å². The number of aryl methyl sites for hydroxylation is 1. The molecule has 7 nitrogen and oxygen atoms in total. The van der Waals surface area contributed by atoms with Crippen LogP contribution in [-0.2, 0) is 26.0 Å². The zero-order valence-corrected chi connectivity index (χ0v) is 16.7. The molecule has 2 N–H and O–H groups in total. The van der Waals surface area contributed by atoms with Crippen LogP contribution in [0.1, 0.15) is 45.1 Å². The predicted molar refractivity (Wildman–Crippen MR) is 102 cm³/mol. The first kappa shape index (κ1) is 21.4. The zero-order valence-electron chi connectivity index (χ0n) is 15.8. The van der Waals surface area contributed by atoms with Crippen molar-refractivity contribution >= 4 is 21.9 Å². The molecule has 0 spiro atoms. The maximum atomic E-state index is 12.5. The first-order valence-electron chi connectivity index (χ1n) is 9.37. The molecule has 1 saturated heterocycles. The fraction of sp³-hybridized carbons (Fsp3) is 0.579. The van der Waals surface area contributed by atoms with E-state index >= 15 is 0 Å². The molecular formula is C19H28N2O5S. The summed E-state index contributed by atoms with van der Waals surface area (Å²) in [7, 11) is -3.44. The quantitative estimate of drug-likeness (QED) is 0.665. The molecule has 1 aliphatic rings. The highest BCUT2D eigenvalue weighted by atomic mass is 32.2. The van der Waals surface area contributed by atoms with Crippen molar-refractivity contribution in [1.82, 2.24) is 9.62 Å². The Labute approximate surface area is 160 Å². The summed E-state index contributed by atoms with van der Waals surface area (Å²) >= 11 is 0. The molecule has 1 fully saturated rings. The van der Waals surface area contributed by atoms with Crippen molar-refractivity contribution in [1.29, 1.82) is 0 Å². The summed E-state index contributed by atoms with van der Waals surface area (Å²) < 4.78 is 26.5. The first-order chi connectivity index (χ1) is 12.8. The molecule has 2 rings (SSSR count). The van der Waals surface area contributed by atoms with E-state index in [9.17, 15) is 23.1 Å². The number of benzene rings is 1. The largest absolute Gasteiger partial charge is 0.480 e. The molecule has 1 aliphatic heterocycles. The second-order valence-corrected chi connectivity index (χ2v) is 8.96. The maximum absolute atomic E-state index is 12.5. The fourth-order valence-corrected chi connectivity index (χ4v) is 4.61. The minimum Gasteiger partial charge on any atom is -0.480 e. The lowest BCUT2D eigenvalue weighted by Crippen LogP contribution is -2.45. The Balaban J connectivity index is 1.93. The Hall–Kier alpha value is -1.93. The Morgan fingerprint density at radius 1 is 1.19 bits per heavy atom. The van der Waals surface area contributed by atoms with Crippen molar-refractivity contribution in [3.63, 3.8) is 0 Å². The van der Waals surface area contributed by atoms with Crippen LogP contribution < -0.4 is 5.32 Å². The number of hydrogen-bond acceptors (Lipinski definition) is 4. The number of nitrogens with one attached hydrogen (secondary N) is 1. The standard InChI is InChI=1S/C19H28N2O5S/c1-3-14(2)18(19(23)24)20-17(22)11-8-15-6-9-16(10-7-15)27(25,26)21-12-4-5-13-21/h6-7,9-10,14,18H,3-5,8,11-13H2,1-2H3,(H,20,22)(H,23,24). The molecule has 8 heteroatoms. The molecule has 27 heavy (non-hydrogen) atoms. The number of carbonyl (C=O) groups is 2. The van der Waals surface area contributed by atoms with E-state index in [0.717, 1.165) is 18.4 Å². The normalized spacial score (nSPS) is 17.4. The van der Waals surface area contributed by atoms with Gasteiger partial charge in [0.1, 0.15) is 6.04 Å². The lowest BCUT2D eigenvalue weighted by Gasteiger charge is -2.20. The van der Waals surface area contributed by atoms with E-state index in [1.165, 1.54) is 4.31 Å². The minimum absolute atomic E-state index is 0.151. The van der Waals surface area contributed by atoms with Crippen LogP contribution in [0.15, 0.2) is 29.2 Å².